The van der Waals surface area contributed by atoms with E-state index in [9.17, 15) is 27.2 Å². The third kappa shape index (κ3) is 6.61. The molecule has 36 heavy (non-hydrogen) atoms. The Bertz CT molecular complexity index is 1240. The minimum atomic E-state index is -4.75. The molecule has 1 unspecified atom stereocenters. The van der Waals surface area contributed by atoms with E-state index >= 15 is 0 Å². The number of benzene rings is 1. The number of amides is 1. The van der Waals surface area contributed by atoms with Gasteiger partial charge in [-0.3, -0.25) is 9.59 Å². The smallest absolute Gasteiger partial charge is 0.418 e. The highest BCUT2D eigenvalue weighted by Gasteiger charge is 2.34. The molecular formula is C25H25F4N3O4. The summed E-state index contributed by atoms with van der Waals surface area (Å²) in [4.78, 5) is 27.6. The van der Waals surface area contributed by atoms with Crippen molar-refractivity contribution in [3.63, 3.8) is 0 Å². The lowest BCUT2D eigenvalue weighted by Crippen LogP contribution is -2.22. The van der Waals surface area contributed by atoms with Crippen molar-refractivity contribution >= 4 is 17.6 Å². The molecule has 2 N–H and O–H groups in total. The van der Waals surface area contributed by atoms with Crippen LogP contribution in [0.5, 0.6) is 5.75 Å². The highest BCUT2D eigenvalue weighted by atomic mass is 19.4. The van der Waals surface area contributed by atoms with Crippen molar-refractivity contribution in [2.45, 2.75) is 45.3 Å². The number of rotatable bonds is 10. The number of carbonyl (C=O) groups is 2. The minimum absolute atomic E-state index is 0.119. The van der Waals surface area contributed by atoms with E-state index in [4.69, 9.17) is 9.84 Å². The summed E-state index contributed by atoms with van der Waals surface area (Å²) in [6, 6.07) is 8.53. The number of nitrogens with one attached hydrogen (secondary N) is 1. The van der Waals surface area contributed by atoms with Gasteiger partial charge in [-0.2, -0.15) is 17.6 Å². The van der Waals surface area contributed by atoms with E-state index in [0.717, 1.165) is 24.3 Å². The predicted molar refractivity (Wildman–Crippen MR) is 124 cm³/mol. The van der Waals surface area contributed by atoms with Crippen LogP contribution in [0.25, 0.3) is 0 Å². The van der Waals surface area contributed by atoms with Gasteiger partial charge in [-0.05, 0) is 49.2 Å². The fourth-order valence-electron chi connectivity index (χ4n) is 3.74. The lowest BCUT2D eigenvalue weighted by molar-refractivity contribution is -0.137. The van der Waals surface area contributed by atoms with Crippen molar-refractivity contribution in [2.75, 3.05) is 11.9 Å². The Morgan fingerprint density at radius 2 is 1.92 bits per heavy atom. The van der Waals surface area contributed by atoms with Crippen molar-refractivity contribution in [3.8, 4) is 5.75 Å². The first kappa shape index (κ1) is 26.7. The summed E-state index contributed by atoms with van der Waals surface area (Å²) in [5, 5.41) is 11.3. The molecule has 0 fully saturated rings. The first-order chi connectivity index (χ1) is 17.0. The molecule has 3 aromatic rings. The second-order valence-corrected chi connectivity index (χ2v) is 8.15. The van der Waals surface area contributed by atoms with Gasteiger partial charge in [0.2, 0.25) is 5.95 Å². The zero-order valence-electron chi connectivity index (χ0n) is 19.6. The van der Waals surface area contributed by atoms with Crippen LogP contribution < -0.4 is 10.1 Å². The van der Waals surface area contributed by atoms with Gasteiger partial charge in [0.05, 0.1) is 24.3 Å². The van der Waals surface area contributed by atoms with Crippen LogP contribution in [-0.4, -0.2) is 33.1 Å². The molecule has 2 heterocycles. The van der Waals surface area contributed by atoms with E-state index in [0.29, 0.717) is 24.3 Å². The maximum atomic E-state index is 13.6. The number of ether oxygens (including phenoxy) is 1. The van der Waals surface area contributed by atoms with Crippen LogP contribution >= 0.6 is 0 Å². The molecule has 11 heteroatoms. The standard InChI is InChI=1S/C25H25F4N3O4/c1-3-15(2)32-17(9-11-36-18-8-10-30-22(26)14-18)5-7-21(32)24(35)31-20-12-16(13-23(33)34)4-6-19(20)25(27,28)29/h4-8,10,12,14-15H,3,9,11,13H2,1-2H3,(H,31,35)(H,33,34). The Morgan fingerprint density at radius 3 is 2.56 bits per heavy atom. The third-order valence-corrected chi connectivity index (χ3v) is 5.58. The topological polar surface area (TPSA) is 93.5 Å². The molecule has 3 rings (SSSR count). The monoisotopic (exact) mass is 507 g/mol. The molecule has 0 saturated carbocycles. The van der Waals surface area contributed by atoms with Gasteiger partial charge >= 0.3 is 12.1 Å². The van der Waals surface area contributed by atoms with E-state index in [1.807, 2.05) is 13.8 Å². The summed E-state index contributed by atoms with van der Waals surface area (Å²) in [5.41, 5.74) is -0.628. The molecule has 192 valence electrons. The summed E-state index contributed by atoms with van der Waals surface area (Å²) < 4.78 is 61.2. The number of carboxylic acid groups (broad SMARTS) is 1. The van der Waals surface area contributed by atoms with E-state index in [1.165, 1.54) is 18.3 Å². The second-order valence-electron chi connectivity index (χ2n) is 8.15. The number of carboxylic acids is 1. The van der Waals surface area contributed by atoms with Gasteiger partial charge < -0.3 is 19.7 Å². The summed E-state index contributed by atoms with van der Waals surface area (Å²) in [6.45, 7) is 3.94. The van der Waals surface area contributed by atoms with Crippen LogP contribution in [0.4, 0.5) is 23.2 Å². The SMILES string of the molecule is CCC(C)n1c(CCOc2ccnc(F)c2)ccc1C(=O)Nc1cc(CC(=O)O)ccc1C(F)(F)F. The van der Waals surface area contributed by atoms with Crippen LogP contribution in [0.2, 0.25) is 0 Å². The number of hydrogen-bond donors (Lipinski definition) is 2. The van der Waals surface area contributed by atoms with Crippen LogP contribution in [0.1, 0.15) is 53.6 Å². The van der Waals surface area contributed by atoms with E-state index in [1.54, 1.807) is 10.6 Å². The number of alkyl halides is 3. The average molecular weight is 507 g/mol. The van der Waals surface area contributed by atoms with Crippen LogP contribution in [-0.2, 0) is 23.8 Å². The molecule has 0 aliphatic heterocycles. The summed E-state index contributed by atoms with van der Waals surface area (Å²) in [5.74, 6) is -2.36. The zero-order chi connectivity index (χ0) is 26.5. The molecule has 0 spiro atoms. The van der Waals surface area contributed by atoms with Crippen molar-refractivity contribution in [1.82, 2.24) is 9.55 Å². The summed E-state index contributed by atoms with van der Waals surface area (Å²) >= 11 is 0. The van der Waals surface area contributed by atoms with Crippen molar-refractivity contribution < 1.29 is 37.0 Å². The largest absolute Gasteiger partial charge is 0.493 e. The molecule has 7 nitrogen and oxygen atoms in total. The zero-order valence-corrected chi connectivity index (χ0v) is 19.6. The predicted octanol–water partition coefficient (Wildman–Crippen LogP) is 5.51. The van der Waals surface area contributed by atoms with Gasteiger partial charge in [0.25, 0.3) is 5.91 Å². The quantitative estimate of drug-likeness (QED) is 0.279. The number of aromatic nitrogens is 2. The molecule has 0 aliphatic carbocycles. The molecule has 0 aliphatic rings. The Balaban J connectivity index is 1.86. The number of nitrogens with zero attached hydrogens (tertiary/aromatic N) is 2. The second kappa shape index (κ2) is 11.2. The molecule has 1 aromatic carbocycles. The van der Waals surface area contributed by atoms with E-state index < -0.39 is 41.7 Å². The molecule has 0 bridgehead atoms. The fourth-order valence-corrected chi connectivity index (χ4v) is 3.74. The van der Waals surface area contributed by atoms with Crippen molar-refractivity contribution in [2.24, 2.45) is 0 Å². The lowest BCUT2D eigenvalue weighted by Gasteiger charge is -2.20. The Hall–Kier alpha value is -3.89. The maximum Gasteiger partial charge on any atom is 0.418 e. The highest BCUT2D eigenvalue weighted by molar-refractivity contribution is 6.04. The molecule has 1 amide bonds. The normalized spacial score (nSPS) is 12.3. The maximum absolute atomic E-state index is 13.6. The molecule has 0 saturated heterocycles. The van der Waals surface area contributed by atoms with Gasteiger partial charge in [-0.25, -0.2) is 4.98 Å². The van der Waals surface area contributed by atoms with Crippen LogP contribution in [0.3, 0.4) is 0 Å². The molecule has 1 atom stereocenters. The Morgan fingerprint density at radius 1 is 1.17 bits per heavy atom. The van der Waals surface area contributed by atoms with Crippen LogP contribution in [0.15, 0.2) is 48.7 Å². The lowest BCUT2D eigenvalue weighted by atomic mass is 10.1. The van der Waals surface area contributed by atoms with Gasteiger partial charge in [-0.1, -0.05) is 13.0 Å². The number of hydrogen-bond acceptors (Lipinski definition) is 4. The van der Waals surface area contributed by atoms with Crippen LogP contribution in [0, 0.1) is 5.95 Å². The highest BCUT2D eigenvalue weighted by Crippen LogP contribution is 2.36. The number of aliphatic carboxylic acids is 1. The average Bonchev–Trinajstić information content (AvgIpc) is 3.21. The van der Waals surface area contributed by atoms with E-state index in [-0.39, 0.29) is 23.9 Å². The molecular weight excluding hydrogens is 482 g/mol. The van der Waals surface area contributed by atoms with Gasteiger partial charge in [-0.15, -0.1) is 0 Å². The fraction of sp³-hybridized carbons (Fsp3) is 0.320. The summed E-state index contributed by atoms with van der Waals surface area (Å²) in [7, 11) is 0. The minimum Gasteiger partial charge on any atom is -0.493 e. The Kier molecular flexibility index (Phi) is 8.33. The van der Waals surface area contributed by atoms with Gasteiger partial charge in [0.1, 0.15) is 11.4 Å². The van der Waals surface area contributed by atoms with Gasteiger partial charge in [0, 0.05) is 30.4 Å². The van der Waals surface area contributed by atoms with E-state index in [2.05, 4.69) is 10.3 Å². The van der Waals surface area contributed by atoms with Crippen molar-refractivity contribution in [1.29, 1.82) is 0 Å². The van der Waals surface area contributed by atoms with Crippen molar-refractivity contribution in [3.05, 3.63) is 77.1 Å². The van der Waals surface area contributed by atoms with Gasteiger partial charge in [0.15, 0.2) is 0 Å². The number of anilines is 1. The molecule has 0 radical (unpaired) electrons. The first-order valence-electron chi connectivity index (χ1n) is 11.2. The summed E-state index contributed by atoms with van der Waals surface area (Å²) in [6.07, 6.45) is -2.98. The number of pyridine rings is 1. The first-order valence-corrected chi connectivity index (χ1v) is 11.2. The Labute approximate surface area is 204 Å². The number of halogens is 4. The third-order valence-electron chi connectivity index (χ3n) is 5.58. The molecule has 2 aromatic heterocycles. The number of carbonyl (C=O) groups excluding carboxylic acids is 1.